The quantitative estimate of drug-likeness (QED) is 0.923. The van der Waals surface area contributed by atoms with E-state index in [2.05, 4.69) is 0 Å². The van der Waals surface area contributed by atoms with E-state index in [1.807, 2.05) is 30.3 Å². The lowest BCUT2D eigenvalue weighted by Crippen LogP contribution is -2.48. The molecule has 17 heavy (non-hydrogen) atoms. The first-order chi connectivity index (χ1) is 7.77. The van der Waals surface area contributed by atoms with E-state index in [1.165, 1.54) is 5.06 Å². The van der Waals surface area contributed by atoms with Crippen molar-refractivity contribution in [2.24, 2.45) is 5.73 Å². The van der Waals surface area contributed by atoms with E-state index in [0.717, 1.165) is 18.4 Å². The molecule has 1 aliphatic heterocycles. The van der Waals surface area contributed by atoms with E-state index in [9.17, 15) is 4.79 Å². The second-order valence-corrected chi connectivity index (χ2v) is 3.95. The predicted molar refractivity (Wildman–Crippen MR) is 70.5 cm³/mol. The Labute approximate surface area is 111 Å². The number of amides is 1. The summed E-state index contributed by atoms with van der Waals surface area (Å²) >= 11 is 0. The van der Waals surface area contributed by atoms with Crippen molar-refractivity contribution in [1.82, 2.24) is 5.06 Å². The molecule has 1 saturated heterocycles. The number of halogens is 1. The summed E-state index contributed by atoms with van der Waals surface area (Å²) in [4.78, 5) is 17.1. The average molecular weight is 301 g/mol. The largest absolute Gasteiger partial charge is 0.320 e. The monoisotopic (exact) mass is 300 g/mol. The van der Waals surface area contributed by atoms with Gasteiger partial charge in [-0.15, -0.1) is 17.0 Å². The van der Waals surface area contributed by atoms with Gasteiger partial charge in [-0.1, -0.05) is 30.3 Å². The molecule has 0 spiro atoms. The van der Waals surface area contributed by atoms with Crippen molar-refractivity contribution in [3.8, 4) is 0 Å². The van der Waals surface area contributed by atoms with Gasteiger partial charge in [-0.05, 0) is 18.4 Å². The minimum Gasteiger partial charge on any atom is -0.320 e. The lowest BCUT2D eigenvalue weighted by Gasteiger charge is -2.29. The van der Waals surface area contributed by atoms with Crippen LogP contribution in [-0.4, -0.2) is 23.6 Å². The number of carbonyl (C=O) groups excluding carboxylic acids is 1. The fourth-order valence-corrected chi connectivity index (χ4v) is 1.73. The minimum atomic E-state index is -0.399. The minimum absolute atomic E-state index is 0. The fraction of sp³-hybridized carbons (Fsp3) is 0.417. The van der Waals surface area contributed by atoms with Gasteiger partial charge in [0.25, 0.3) is 5.91 Å². The van der Waals surface area contributed by atoms with Gasteiger partial charge in [0.15, 0.2) is 0 Å². The highest BCUT2D eigenvalue weighted by atomic mass is 79.9. The van der Waals surface area contributed by atoms with Crippen LogP contribution in [0, 0.1) is 0 Å². The maximum absolute atomic E-state index is 11.6. The van der Waals surface area contributed by atoms with Crippen molar-refractivity contribution in [3.63, 3.8) is 0 Å². The molecule has 1 fully saturated rings. The summed E-state index contributed by atoms with van der Waals surface area (Å²) in [5.41, 5.74) is 6.72. The van der Waals surface area contributed by atoms with Gasteiger partial charge in [0.05, 0.1) is 6.04 Å². The Morgan fingerprint density at radius 3 is 2.76 bits per heavy atom. The molecule has 1 aliphatic rings. The molecule has 4 nitrogen and oxygen atoms in total. The van der Waals surface area contributed by atoms with Crippen LogP contribution < -0.4 is 5.73 Å². The summed E-state index contributed by atoms with van der Waals surface area (Å²) < 4.78 is 0. The number of hydrogen-bond donors (Lipinski definition) is 1. The van der Waals surface area contributed by atoms with Crippen LogP contribution >= 0.6 is 17.0 Å². The zero-order chi connectivity index (χ0) is 11.4. The first-order valence-electron chi connectivity index (χ1n) is 5.51. The smallest absolute Gasteiger partial charge is 0.263 e. The first kappa shape index (κ1) is 14.2. The number of benzene rings is 1. The Morgan fingerprint density at radius 1 is 1.35 bits per heavy atom. The molecule has 0 aliphatic carbocycles. The third-order valence-electron chi connectivity index (χ3n) is 2.67. The number of hydroxylamine groups is 2. The Morgan fingerprint density at radius 2 is 2.06 bits per heavy atom. The molecule has 1 aromatic rings. The normalized spacial score (nSPS) is 19.9. The van der Waals surface area contributed by atoms with E-state index in [4.69, 9.17) is 10.6 Å². The van der Waals surface area contributed by atoms with Crippen molar-refractivity contribution in [2.45, 2.75) is 25.5 Å². The van der Waals surface area contributed by atoms with E-state index in [0.29, 0.717) is 13.2 Å². The summed E-state index contributed by atoms with van der Waals surface area (Å²) in [6.07, 6.45) is 1.66. The average Bonchev–Trinajstić information content (AvgIpc) is 2.32. The maximum Gasteiger partial charge on any atom is 0.263 e. The molecule has 1 amide bonds. The lowest BCUT2D eigenvalue weighted by atomic mass is 10.1. The molecule has 5 heteroatoms. The van der Waals surface area contributed by atoms with Crippen LogP contribution in [0.4, 0.5) is 0 Å². The van der Waals surface area contributed by atoms with Crippen molar-refractivity contribution < 1.29 is 9.63 Å². The number of rotatable bonds is 3. The summed E-state index contributed by atoms with van der Waals surface area (Å²) in [6, 6.07) is 9.38. The Balaban J connectivity index is 0.00000144. The maximum atomic E-state index is 11.6. The second-order valence-electron chi connectivity index (χ2n) is 3.95. The van der Waals surface area contributed by atoms with E-state index in [-0.39, 0.29) is 22.9 Å². The molecule has 2 N–H and O–H groups in total. The number of piperidine rings is 1. The van der Waals surface area contributed by atoms with Gasteiger partial charge < -0.3 is 5.73 Å². The number of nitrogens with zero attached hydrogens (tertiary/aromatic N) is 1. The second kappa shape index (κ2) is 6.74. The van der Waals surface area contributed by atoms with Crippen molar-refractivity contribution >= 4 is 22.9 Å². The van der Waals surface area contributed by atoms with Crippen LogP contribution in [0.25, 0.3) is 0 Å². The fourth-order valence-electron chi connectivity index (χ4n) is 1.73. The molecule has 1 unspecified atom stereocenters. The van der Waals surface area contributed by atoms with Gasteiger partial charge in [0, 0.05) is 6.54 Å². The van der Waals surface area contributed by atoms with E-state index >= 15 is 0 Å². The topological polar surface area (TPSA) is 55.6 Å². The summed E-state index contributed by atoms with van der Waals surface area (Å²) in [5.74, 6) is -0.109. The highest BCUT2D eigenvalue weighted by molar-refractivity contribution is 8.93. The Bertz CT molecular complexity index is 359. The zero-order valence-electron chi connectivity index (χ0n) is 9.54. The van der Waals surface area contributed by atoms with Gasteiger partial charge in [0.2, 0.25) is 0 Å². The Hall–Kier alpha value is -0.910. The van der Waals surface area contributed by atoms with Crippen LogP contribution in [-0.2, 0) is 16.2 Å². The van der Waals surface area contributed by atoms with Gasteiger partial charge in [-0.2, -0.15) is 0 Å². The SMILES string of the molecule is Br.NC1CCCN(OCc2ccccc2)C1=O. The standard InChI is InChI=1S/C12H16N2O2.BrH/c13-11-7-4-8-14(12(11)15)16-9-10-5-2-1-3-6-10;/h1-3,5-6,11H,4,7-9,13H2;1H. The first-order valence-corrected chi connectivity index (χ1v) is 5.51. The zero-order valence-corrected chi connectivity index (χ0v) is 11.3. The Kier molecular flexibility index (Phi) is 5.61. The van der Waals surface area contributed by atoms with Gasteiger partial charge in [-0.25, -0.2) is 5.06 Å². The lowest BCUT2D eigenvalue weighted by molar-refractivity contribution is -0.198. The van der Waals surface area contributed by atoms with Crippen LogP contribution in [0.1, 0.15) is 18.4 Å². The molecule has 1 heterocycles. The van der Waals surface area contributed by atoms with Gasteiger partial charge in [-0.3, -0.25) is 9.63 Å². The molecule has 0 saturated carbocycles. The molecule has 1 atom stereocenters. The molecule has 2 rings (SSSR count). The molecule has 1 aromatic carbocycles. The van der Waals surface area contributed by atoms with Gasteiger partial charge >= 0.3 is 0 Å². The molecule has 94 valence electrons. The third kappa shape index (κ3) is 3.80. The highest BCUT2D eigenvalue weighted by Gasteiger charge is 2.26. The van der Waals surface area contributed by atoms with Crippen molar-refractivity contribution in [1.29, 1.82) is 0 Å². The van der Waals surface area contributed by atoms with Gasteiger partial charge in [0.1, 0.15) is 6.61 Å². The van der Waals surface area contributed by atoms with Crippen LogP contribution in [0.5, 0.6) is 0 Å². The summed E-state index contributed by atoms with van der Waals surface area (Å²) in [5, 5.41) is 1.39. The molecular formula is C12H17BrN2O2. The highest BCUT2D eigenvalue weighted by Crippen LogP contribution is 2.12. The summed E-state index contributed by atoms with van der Waals surface area (Å²) in [7, 11) is 0. The third-order valence-corrected chi connectivity index (χ3v) is 2.67. The number of carbonyl (C=O) groups is 1. The van der Waals surface area contributed by atoms with Crippen LogP contribution in [0.3, 0.4) is 0 Å². The van der Waals surface area contributed by atoms with E-state index < -0.39 is 6.04 Å². The predicted octanol–water partition coefficient (Wildman–Crippen LogP) is 1.65. The number of nitrogens with two attached hydrogens (primary N) is 1. The molecular weight excluding hydrogens is 284 g/mol. The van der Waals surface area contributed by atoms with Crippen molar-refractivity contribution in [3.05, 3.63) is 35.9 Å². The molecule has 0 bridgehead atoms. The summed E-state index contributed by atoms with van der Waals surface area (Å²) in [6.45, 7) is 1.05. The van der Waals surface area contributed by atoms with E-state index in [1.54, 1.807) is 0 Å². The number of hydrogen-bond acceptors (Lipinski definition) is 3. The molecule has 0 aromatic heterocycles. The van der Waals surface area contributed by atoms with Crippen LogP contribution in [0.2, 0.25) is 0 Å². The van der Waals surface area contributed by atoms with Crippen molar-refractivity contribution in [2.75, 3.05) is 6.54 Å². The van der Waals surface area contributed by atoms with Crippen LogP contribution in [0.15, 0.2) is 30.3 Å². The molecule has 0 radical (unpaired) electrons.